The van der Waals surface area contributed by atoms with E-state index in [4.69, 9.17) is 4.98 Å². The van der Waals surface area contributed by atoms with Crippen molar-refractivity contribution in [1.82, 2.24) is 9.97 Å². The molecule has 2 nitrogen and oxygen atoms in total. The van der Waals surface area contributed by atoms with Crippen molar-refractivity contribution < 1.29 is 0 Å². The molecule has 2 aromatic carbocycles. The number of halogens is 1. The van der Waals surface area contributed by atoms with E-state index in [0.29, 0.717) is 5.92 Å². The van der Waals surface area contributed by atoms with E-state index in [1.54, 1.807) is 0 Å². The van der Waals surface area contributed by atoms with Gasteiger partial charge in [-0.25, -0.2) is 4.98 Å². The molecule has 1 aliphatic rings. The summed E-state index contributed by atoms with van der Waals surface area (Å²) >= 11 is 3.52. The highest BCUT2D eigenvalue weighted by Gasteiger charge is 2.20. The van der Waals surface area contributed by atoms with Gasteiger partial charge in [-0.15, -0.1) is 0 Å². The molecular formula is C21H19BrN2. The van der Waals surface area contributed by atoms with Crippen molar-refractivity contribution in [1.29, 1.82) is 0 Å². The van der Waals surface area contributed by atoms with E-state index < -0.39 is 0 Å². The molecule has 0 saturated heterocycles. The minimum Gasteiger partial charge on any atom is -0.341 e. The lowest BCUT2D eigenvalue weighted by Gasteiger charge is -2.14. The number of allylic oxidation sites excluding steroid dienone is 2. The van der Waals surface area contributed by atoms with E-state index in [1.165, 1.54) is 5.56 Å². The second-order valence-corrected chi connectivity index (χ2v) is 7.12. The van der Waals surface area contributed by atoms with Gasteiger partial charge in [-0.2, -0.15) is 0 Å². The van der Waals surface area contributed by atoms with Crippen LogP contribution in [0, 0.1) is 0 Å². The Kier molecular flexibility index (Phi) is 4.35. The highest BCUT2D eigenvalue weighted by atomic mass is 79.9. The Labute approximate surface area is 150 Å². The lowest BCUT2D eigenvalue weighted by atomic mass is 9.94. The van der Waals surface area contributed by atoms with Crippen LogP contribution in [0.1, 0.15) is 31.0 Å². The van der Waals surface area contributed by atoms with Crippen molar-refractivity contribution >= 4 is 15.9 Å². The van der Waals surface area contributed by atoms with Crippen LogP contribution in [-0.2, 0) is 0 Å². The second-order valence-electron chi connectivity index (χ2n) is 6.20. The van der Waals surface area contributed by atoms with Crippen LogP contribution in [0.25, 0.3) is 22.5 Å². The molecule has 1 aliphatic carbocycles. The monoisotopic (exact) mass is 378 g/mol. The number of imidazole rings is 1. The molecule has 0 unspecified atom stereocenters. The van der Waals surface area contributed by atoms with E-state index >= 15 is 0 Å². The zero-order valence-corrected chi connectivity index (χ0v) is 15.0. The maximum Gasteiger partial charge on any atom is 0.110 e. The summed E-state index contributed by atoms with van der Waals surface area (Å²) in [6.45, 7) is 0. The molecule has 1 heterocycles. The molecule has 4 rings (SSSR count). The average Bonchev–Trinajstić information content (AvgIpc) is 3.09. The van der Waals surface area contributed by atoms with Gasteiger partial charge in [0, 0.05) is 21.5 Å². The van der Waals surface area contributed by atoms with E-state index in [1.807, 2.05) is 6.07 Å². The summed E-state index contributed by atoms with van der Waals surface area (Å²) in [4.78, 5) is 8.63. The number of nitrogens with one attached hydrogen (secondary N) is 1. The number of hydrogen-bond acceptors (Lipinski definition) is 1. The van der Waals surface area contributed by atoms with Crippen molar-refractivity contribution in [3.05, 3.63) is 77.0 Å². The third-order valence-corrected chi connectivity index (χ3v) is 5.09. The Morgan fingerprint density at radius 3 is 2.42 bits per heavy atom. The first-order valence-electron chi connectivity index (χ1n) is 8.37. The lowest BCUT2D eigenvalue weighted by Crippen LogP contribution is -2.02. The SMILES string of the molecule is Brc1ccc(-c2[nH]c([C@@H]3CC=CCC3)nc2-c2ccccc2)cc1. The highest BCUT2D eigenvalue weighted by molar-refractivity contribution is 9.10. The number of hydrogen-bond donors (Lipinski definition) is 1. The first-order chi connectivity index (χ1) is 11.8. The largest absolute Gasteiger partial charge is 0.341 e. The Morgan fingerprint density at radius 1 is 0.917 bits per heavy atom. The number of rotatable bonds is 3. The minimum atomic E-state index is 0.488. The minimum absolute atomic E-state index is 0.488. The predicted octanol–water partition coefficient (Wildman–Crippen LogP) is 6.33. The molecule has 0 saturated carbocycles. The van der Waals surface area contributed by atoms with Crippen LogP contribution in [0.4, 0.5) is 0 Å². The summed E-state index contributed by atoms with van der Waals surface area (Å²) in [5.74, 6) is 1.60. The summed E-state index contributed by atoms with van der Waals surface area (Å²) in [5.41, 5.74) is 4.48. The number of aromatic nitrogens is 2. The van der Waals surface area contributed by atoms with Gasteiger partial charge in [-0.1, -0.05) is 70.5 Å². The van der Waals surface area contributed by atoms with E-state index in [2.05, 4.69) is 81.6 Å². The topological polar surface area (TPSA) is 28.7 Å². The van der Waals surface area contributed by atoms with Gasteiger partial charge >= 0.3 is 0 Å². The Bertz CT molecular complexity index is 847. The molecule has 1 N–H and O–H groups in total. The van der Waals surface area contributed by atoms with Crippen molar-refractivity contribution in [2.45, 2.75) is 25.2 Å². The third kappa shape index (κ3) is 3.09. The first-order valence-corrected chi connectivity index (χ1v) is 9.17. The van der Waals surface area contributed by atoms with Crippen LogP contribution >= 0.6 is 15.9 Å². The van der Waals surface area contributed by atoms with E-state index in [0.717, 1.165) is 46.5 Å². The summed E-state index contributed by atoms with van der Waals surface area (Å²) in [6.07, 6.45) is 7.92. The van der Waals surface area contributed by atoms with Crippen LogP contribution in [0.3, 0.4) is 0 Å². The molecule has 3 heteroatoms. The number of benzene rings is 2. The molecule has 0 fully saturated rings. The smallest absolute Gasteiger partial charge is 0.110 e. The van der Waals surface area contributed by atoms with Crippen molar-refractivity contribution in [3.8, 4) is 22.5 Å². The summed E-state index contributed by atoms with van der Waals surface area (Å²) < 4.78 is 1.09. The first kappa shape index (κ1) is 15.4. The molecular weight excluding hydrogens is 360 g/mol. The van der Waals surface area contributed by atoms with Gasteiger partial charge in [0.15, 0.2) is 0 Å². The van der Waals surface area contributed by atoms with Crippen LogP contribution in [0.15, 0.2) is 71.2 Å². The maximum absolute atomic E-state index is 5.00. The zero-order chi connectivity index (χ0) is 16.4. The molecule has 0 spiro atoms. The quantitative estimate of drug-likeness (QED) is 0.529. The number of aromatic amines is 1. The standard InChI is InChI=1S/C21H19BrN2/c22-18-13-11-16(12-14-18)20-19(15-7-3-1-4-8-15)23-21(24-20)17-9-5-2-6-10-17/h1-5,7-8,11-14,17H,6,9-10H2,(H,23,24)/t17-/m1/s1. The summed E-state index contributed by atoms with van der Waals surface area (Å²) in [6, 6.07) is 18.9. The number of H-pyrrole nitrogens is 1. The second kappa shape index (κ2) is 6.78. The van der Waals surface area contributed by atoms with Gasteiger partial charge in [-0.3, -0.25) is 0 Å². The molecule has 0 bridgehead atoms. The fourth-order valence-corrected chi connectivity index (χ4v) is 3.52. The molecule has 3 aromatic rings. The fourth-order valence-electron chi connectivity index (χ4n) is 3.26. The van der Waals surface area contributed by atoms with Crippen LogP contribution < -0.4 is 0 Å². The highest BCUT2D eigenvalue weighted by Crippen LogP contribution is 2.35. The molecule has 0 radical (unpaired) electrons. The van der Waals surface area contributed by atoms with E-state index in [-0.39, 0.29) is 0 Å². The third-order valence-electron chi connectivity index (χ3n) is 4.56. The molecule has 1 atom stereocenters. The molecule has 120 valence electrons. The summed E-state index contributed by atoms with van der Waals surface area (Å²) in [7, 11) is 0. The zero-order valence-electron chi connectivity index (χ0n) is 13.4. The van der Waals surface area contributed by atoms with E-state index in [9.17, 15) is 0 Å². The van der Waals surface area contributed by atoms with Crippen LogP contribution in [0.2, 0.25) is 0 Å². The normalized spacial score (nSPS) is 17.1. The van der Waals surface area contributed by atoms with Gasteiger partial charge in [0.25, 0.3) is 0 Å². The fraction of sp³-hybridized carbons (Fsp3) is 0.190. The molecule has 0 amide bonds. The summed E-state index contributed by atoms with van der Waals surface area (Å²) in [5, 5.41) is 0. The molecule has 24 heavy (non-hydrogen) atoms. The number of nitrogens with zero attached hydrogens (tertiary/aromatic N) is 1. The lowest BCUT2D eigenvalue weighted by molar-refractivity contribution is 0.589. The van der Waals surface area contributed by atoms with Gasteiger partial charge < -0.3 is 4.98 Å². The predicted molar refractivity (Wildman–Crippen MR) is 103 cm³/mol. The van der Waals surface area contributed by atoms with Crippen LogP contribution in [0.5, 0.6) is 0 Å². The Morgan fingerprint density at radius 2 is 1.71 bits per heavy atom. The van der Waals surface area contributed by atoms with Crippen molar-refractivity contribution in [3.63, 3.8) is 0 Å². The maximum atomic E-state index is 5.00. The van der Waals surface area contributed by atoms with Crippen molar-refractivity contribution in [2.75, 3.05) is 0 Å². The van der Waals surface area contributed by atoms with Crippen LogP contribution in [-0.4, -0.2) is 9.97 Å². The Balaban J connectivity index is 1.82. The van der Waals surface area contributed by atoms with Crippen molar-refractivity contribution in [2.24, 2.45) is 0 Å². The van der Waals surface area contributed by atoms with Gasteiger partial charge in [0.2, 0.25) is 0 Å². The van der Waals surface area contributed by atoms with Gasteiger partial charge in [0.1, 0.15) is 5.82 Å². The molecule has 0 aliphatic heterocycles. The average molecular weight is 379 g/mol. The molecule has 1 aromatic heterocycles. The van der Waals surface area contributed by atoms with Gasteiger partial charge in [-0.05, 0) is 31.4 Å². The van der Waals surface area contributed by atoms with Gasteiger partial charge in [0.05, 0.1) is 11.4 Å². The Hall–Kier alpha value is -2.13.